The van der Waals surface area contributed by atoms with Gasteiger partial charge in [0.15, 0.2) is 0 Å². The van der Waals surface area contributed by atoms with E-state index in [-0.39, 0.29) is 6.04 Å². The van der Waals surface area contributed by atoms with Gasteiger partial charge >= 0.3 is 0 Å². The third kappa shape index (κ3) is 2.87. The highest BCUT2D eigenvalue weighted by atomic mass is 15.3. The van der Waals surface area contributed by atoms with E-state index in [0.29, 0.717) is 0 Å². The highest BCUT2D eigenvalue weighted by molar-refractivity contribution is 5.27. The second kappa shape index (κ2) is 5.57. The van der Waals surface area contributed by atoms with Crippen LogP contribution >= 0.6 is 0 Å². The summed E-state index contributed by atoms with van der Waals surface area (Å²) in [5.74, 6) is 0. The predicted octanol–water partition coefficient (Wildman–Crippen LogP) is 1.66. The van der Waals surface area contributed by atoms with Crippen LogP contribution in [0.25, 0.3) is 0 Å². The largest absolute Gasteiger partial charge is 0.309 e. The van der Waals surface area contributed by atoms with E-state index in [1.165, 1.54) is 11.3 Å². The first kappa shape index (κ1) is 13.8. The molecule has 2 aromatic heterocycles. The molecule has 2 heterocycles. The van der Waals surface area contributed by atoms with Crippen LogP contribution in [0.15, 0.2) is 12.3 Å². The van der Waals surface area contributed by atoms with E-state index < -0.39 is 0 Å². The van der Waals surface area contributed by atoms with Crippen molar-refractivity contribution in [1.82, 2.24) is 24.9 Å². The van der Waals surface area contributed by atoms with Gasteiger partial charge in [0.05, 0.1) is 17.4 Å². The molecular formula is C14H23N5. The lowest BCUT2D eigenvalue weighted by Crippen LogP contribution is -2.24. The zero-order valence-electron chi connectivity index (χ0n) is 12.4. The van der Waals surface area contributed by atoms with Crippen LogP contribution in [0.3, 0.4) is 0 Å². The molecule has 0 aliphatic carbocycles. The van der Waals surface area contributed by atoms with Gasteiger partial charge in [-0.05, 0) is 38.4 Å². The molecule has 5 heteroatoms. The molecule has 0 amide bonds. The lowest BCUT2D eigenvalue weighted by Gasteiger charge is -2.16. The zero-order valence-corrected chi connectivity index (χ0v) is 12.4. The molecule has 0 fully saturated rings. The third-order valence-electron chi connectivity index (χ3n) is 3.61. The monoisotopic (exact) mass is 261 g/mol. The maximum atomic E-state index is 4.52. The lowest BCUT2D eigenvalue weighted by atomic mass is 10.0. The molecule has 0 saturated carbocycles. The minimum absolute atomic E-state index is 0.243. The summed E-state index contributed by atoms with van der Waals surface area (Å²) in [6.45, 7) is 7.25. The molecule has 1 unspecified atom stereocenters. The number of rotatable bonds is 5. The molecule has 19 heavy (non-hydrogen) atoms. The van der Waals surface area contributed by atoms with Crippen LogP contribution in [0.2, 0.25) is 0 Å². The van der Waals surface area contributed by atoms with Crippen LogP contribution in [-0.4, -0.2) is 26.1 Å². The second-order valence-electron chi connectivity index (χ2n) is 5.00. The van der Waals surface area contributed by atoms with Crippen molar-refractivity contribution in [1.29, 1.82) is 0 Å². The smallest absolute Gasteiger partial charge is 0.0797 e. The van der Waals surface area contributed by atoms with Gasteiger partial charge in [-0.2, -0.15) is 10.2 Å². The Balaban J connectivity index is 2.26. The molecule has 0 radical (unpaired) electrons. The highest BCUT2D eigenvalue weighted by Crippen LogP contribution is 2.21. The number of nitrogens with one attached hydrogen (secondary N) is 1. The van der Waals surface area contributed by atoms with Gasteiger partial charge < -0.3 is 5.32 Å². The standard InChI is InChI=1S/C14H23N5/c1-6-15-14(13-7-8-18(4)17-13)9-12-10(2)16-19(5)11(12)3/h7-8,14-15H,6,9H2,1-5H3. The molecule has 1 N–H and O–H groups in total. The van der Waals surface area contributed by atoms with Crippen LogP contribution in [0.5, 0.6) is 0 Å². The van der Waals surface area contributed by atoms with Crippen LogP contribution < -0.4 is 5.32 Å². The van der Waals surface area contributed by atoms with Crippen LogP contribution in [0.4, 0.5) is 0 Å². The number of likely N-dealkylation sites (N-methyl/N-ethyl adjacent to an activating group) is 1. The quantitative estimate of drug-likeness (QED) is 0.890. The molecule has 0 spiro atoms. The Labute approximate surface area is 114 Å². The molecule has 2 rings (SSSR count). The van der Waals surface area contributed by atoms with Gasteiger partial charge in [-0.3, -0.25) is 9.36 Å². The summed E-state index contributed by atoms with van der Waals surface area (Å²) in [5, 5.41) is 12.5. The van der Waals surface area contributed by atoms with E-state index in [2.05, 4.69) is 42.4 Å². The van der Waals surface area contributed by atoms with Gasteiger partial charge in [-0.1, -0.05) is 6.92 Å². The van der Waals surface area contributed by atoms with Crippen molar-refractivity contribution < 1.29 is 0 Å². The summed E-state index contributed by atoms with van der Waals surface area (Å²) in [5.41, 5.74) is 4.75. The number of aromatic nitrogens is 4. The first-order valence-electron chi connectivity index (χ1n) is 6.75. The van der Waals surface area contributed by atoms with Crippen molar-refractivity contribution in [3.05, 3.63) is 34.9 Å². The van der Waals surface area contributed by atoms with Gasteiger partial charge in [0.1, 0.15) is 0 Å². The second-order valence-corrected chi connectivity index (χ2v) is 5.00. The fraction of sp³-hybridized carbons (Fsp3) is 0.571. The SMILES string of the molecule is CCNC(Cc1c(C)nn(C)c1C)c1ccn(C)n1. The van der Waals surface area contributed by atoms with Crippen molar-refractivity contribution in [3.63, 3.8) is 0 Å². The normalized spacial score (nSPS) is 12.9. The Morgan fingerprint density at radius 1 is 1.26 bits per heavy atom. The van der Waals surface area contributed by atoms with Crippen LogP contribution in [0, 0.1) is 13.8 Å². The van der Waals surface area contributed by atoms with E-state index in [9.17, 15) is 0 Å². The third-order valence-corrected chi connectivity index (χ3v) is 3.61. The molecule has 104 valence electrons. The van der Waals surface area contributed by atoms with Gasteiger partial charge in [0, 0.05) is 26.0 Å². The van der Waals surface area contributed by atoms with Crippen LogP contribution in [0.1, 0.15) is 35.6 Å². The first-order chi connectivity index (χ1) is 9.02. The molecule has 5 nitrogen and oxygen atoms in total. The minimum Gasteiger partial charge on any atom is -0.309 e. The van der Waals surface area contributed by atoms with Crippen molar-refractivity contribution >= 4 is 0 Å². The predicted molar refractivity (Wildman–Crippen MR) is 76.0 cm³/mol. The lowest BCUT2D eigenvalue weighted by molar-refractivity contribution is 0.525. The maximum absolute atomic E-state index is 4.52. The number of nitrogens with zero attached hydrogens (tertiary/aromatic N) is 4. The summed E-state index contributed by atoms with van der Waals surface area (Å²) < 4.78 is 3.80. The Kier molecular flexibility index (Phi) is 4.04. The molecule has 0 saturated heterocycles. The summed E-state index contributed by atoms with van der Waals surface area (Å²) in [7, 11) is 3.95. The molecule has 0 aliphatic heterocycles. The van der Waals surface area contributed by atoms with E-state index in [1.807, 2.05) is 29.7 Å². The van der Waals surface area contributed by atoms with E-state index in [1.54, 1.807) is 0 Å². The number of hydrogen-bond donors (Lipinski definition) is 1. The van der Waals surface area contributed by atoms with E-state index in [4.69, 9.17) is 0 Å². The van der Waals surface area contributed by atoms with Gasteiger partial charge in [0.2, 0.25) is 0 Å². The van der Waals surface area contributed by atoms with Crippen LogP contribution in [-0.2, 0) is 20.5 Å². The average Bonchev–Trinajstić information content (AvgIpc) is 2.88. The molecule has 0 bridgehead atoms. The molecule has 0 aliphatic rings. The first-order valence-corrected chi connectivity index (χ1v) is 6.75. The van der Waals surface area contributed by atoms with Gasteiger partial charge in [-0.25, -0.2) is 0 Å². The fourth-order valence-electron chi connectivity index (χ4n) is 2.46. The number of hydrogen-bond acceptors (Lipinski definition) is 3. The molecular weight excluding hydrogens is 238 g/mol. The average molecular weight is 261 g/mol. The fourth-order valence-corrected chi connectivity index (χ4v) is 2.46. The van der Waals surface area contributed by atoms with Crippen molar-refractivity contribution in [2.45, 2.75) is 33.2 Å². The number of aryl methyl sites for hydroxylation is 3. The highest BCUT2D eigenvalue weighted by Gasteiger charge is 2.18. The summed E-state index contributed by atoms with van der Waals surface area (Å²) >= 11 is 0. The van der Waals surface area contributed by atoms with Crippen molar-refractivity contribution in [2.75, 3.05) is 6.54 Å². The molecule has 2 aromatic rings. The summed E-state index contributed by atoms with van der Waals surface area (Å²) in [6.07, 6.45) is 2.92. The van der Waals surface area contributed by atoms with E-state index >= 15 is 0 Å². The maximum Gasteiger partial charge on any atom is 0.0797 e. The van der Waals surface area contributed by atoms with E-state index in [0.717, 1.165) is 24.4 Å². The summed E-state index contributed by atoms with van der Waals surface area (Å²) in [4.78, 5) is 0. The Bertz CT molecular complexity index is 552. The minimum atomic E-state index is 0.243. The molecule has 0 aromatic carbocycles. The Morgan fingerprint density at radius 2 is 2.00 bits per heavy atom. The Hall–Kier alpha value is -1.62. The topological polar surface area (TPSA) is 47.7 Å². The summed E-state index contributed by atoms with van der Waals surface area (Å²) in [6, 6.07) is 2.32. The van der Waals surface area contributed by atoms with Crippen molar-refractivity contribution in [2.24, 2.45) is 14.1 Å². The zero-order chi connectivity index (χ0) is 14.0. The Morgan fingerprint density at radius 3 is 2.47 bits per heavy atom. The van der Waals surface area contributed by atoms with Gasteiger partial charge in [-0.15, -0.1) is 0 Å². The molecule has 1 atom stereocenters. The van der Waals surface area contributed by atoms with Crippen molar-refractivity contribution in [3.8, 4) is 0 Å². The van der Waals surface area contributed by atoms with Gasteiger partial charge in [0.25, 0.3) is 0 Å².